The first kappa shape index (κ1) is 13.4. The lowest BCUT2D eigenvalue weighted by Crippen LogP contribution is -2.41. The van der Waals surface area contributed by atoms with Crippen LogP contribution in [-0.2, 0) is 13.0 Å². The summed E-state index contributed by atoms with van der Waals surface area (Å²) in [4.78, 5) is 2.58. The van der Waals surface area contributed by atoms with Crippen LogP contribution in [-0.4, -0.2) is 10.9 Å². The predicted octanol–water partition coefficient (Wildman–Crippen LogP) is 3.91. The Morgan fingerprint density at radius 2 is 2.15 bits per heavy atom. The van der Waals surface area contributed by atoms with Crippen LogP contribution in [0.4, 0.5) is 0 Å². The summed E-state index contributed by atoms with van der Waals surface area (Å²) in [6, 6.07) is 7.87. The van der Waals surface area contributed by atoms with E-state index in [1.165, 1.54) is 16.7 Å². The summed E-state index contributed by atoms with van der Waals surface area (Å²) in [5, 5.41) is 3.35. The fraction of sp³-hybridized carbons (Fsp3) is 0.444. The molecule has 2 heterocycles. The SMILES string of the molecule is C=C1CCC(N2Cc3cc(CC)ccc3C2C)C(=C)N1. The summed E-state index contributed by atoms with van der Waals surface area (Å²) in [5.41, 5.74) is 6.63. The molecule has 2 atom stereocenters. The minimum atomic E-state index is 0.424. The van der Waals surface area contributed by atoms with Gasteiger partial charge >= 0.3 is 0 Å². The van der Waals surface area contributed by atoms with Crippen LogP contribution in [0.25, 0.3) is 0 Å². The molecule has 0 aromatic heterocycles. The predicted molar refractivity (Wildman–Crippen MR) is 84.2 cm³/mol. The Labute approximate surface area is 122 Å². The smallest absolute Gasteiger partial charge is 0.0505 e. The van der Waals surface area contributed by atoms with Crippen LogP contribution in [0.1, 0.15) is 49.4 Å². The fourth-order valence-electron chi connectivity index (χ4n) is 3.54. The molecule has 2 heteroatoms. The molecular formula is C18H24N2. The van der Waals surface area contributed by atoms with Crippen molar-refractivity contribution in [3.05, 3.63) is 59.4 Å². The van der Waals surface area contributed by atoms with Gasteiger partial charge in [0, 0.05) is 24.0 Å². The van der Waals surface area contributed by atoms with Gasteiger partial charge in [0.2, 0.25) is 0 Å². The number of benzene rings is 1. The van der Waals surface area contributed by atoms with Gasteiger partial charge in [0.25, 0.3) is 0 Å². The number of rotatable bonds is 2. The number of nitrogens with zero attached hydrogens (tertiary/aromatic N) is 1. The Morgan fingerprint density at radius 1 is 1.35 bits per heavy atom. The molecule has 0 aliphatic carbocycles. The largest absolute Gasteiger partial charge is 0.362 e. The summed E-state index contributed by atoms with van der Waals surface area (Å²) >= 11 is 0. The van der Waals surface area contributed by atoms with Crippen molar-refractivity contribution >= 4 is 0 Å². The lowest BCUT2D eigenvalue weighted by atomic mass is 9.99. The maximum Gasteiger partial charge on any atom is 0.0505 e. The van der Waals surface area contributed by atoms with Crippen LogP contribution in [0.15, 0.2) is 42.8 Å². The van der Waals surface area contributed by atoms with Crippen LogP contribution in [0.5, 0.6) is 0 Å². The second kappa shape index (κ2) is 5.10. The lowest BCUT2D eigenvalue weighted by molar-refractivity contribution is 0.160. The van der Waals surface area contributed by atoms with Gasteiger partial charge in [-0.15, -0.1) is 0 Å². The van der Waals surface area contributed by atoms with E-state index >= 15 is 0 Å². The molecule has 1 N–H and O–H groups in total. The lowest BCUT2D eigenvalue weighted by Gasteiger charge is -2.37. The van der Waals surface area contributed by atoms with E-state index < -0.39 is 0 Å². The minimum Gasteiger partial charge on any atom is -0.362 e. The summed E-state index contributed by atoms with van der Waals surface area (Å²) in [6.45, 7) is 13.8. The topological polar surface area (TPSA) is 15.3 Å². The molecule has 20 heavy (non-hydrogen) atoms. The molecule has 1 aromatic rings. The standard InChI is InChI=1S/C18H24N2/c1-5-15-7-8-17-14(4)20(11-16(17)10-15)18-9-6-12(2)19-13(18)3/h7-8,10,14,18-19H,2-3,5-6,9,11H2,1,4H3. The molecule has 0 saturated carbocycles. The molecule has 2 aliphatic heterocycles. The quantitative estimate of drug-likeness (QED) is 0.875. The molecule has 0 spiro atoms. The van der Waals surface area contributed by atoms with E-state index in [1.807, 2.05) is 0 Å². The number of piperidine rings is 1. The minimum absolute atomic E-state index is 0.424. The van der Waals surface area contributed by atoms with Crippen molar-refractivity contribution < 1.29 is 0 Å². The van der Waals surface area contributed by atoms with Gasteiger partial charge in [0.05, 0.1) is 6.04 Å². The molecule has 0 radical (unpaired) electrons. The number of fused-ring (bicyclic) bond motifs is 1. The van der Waals surface area contributed by atoms with E-state index in [-0.39, 0.29) is 0 Å². The maximum atomic E-state index is 4.21. The number of allylic oxidation sites excluding steroid dienone is 1. The van der Waals surface area contributed by atoms with Crippen molar-refractivity contribution in [1.29, 1.82) is 0 Å². The number of aryl methyl sites for hydroxylation is 1. The van der Waals surface area contributed by atoms with Gasteiger partial charge in [-0.2, -0.15) is 0 Å². The zero-order valence-electron chi connectivity index (χ0n) is 12.6. The van der Waals surface area contributed by atoms with E-state index in [4.69, 9.17) is 0 Å². The van der Waals surface area contributed by atoms with E-state index in [1.54, 1.807) is 0 Å². The van der Waals surface area contributed by atoms with Gasteiger partial charge in [-0.1, -0.05) is 38.3 Å². The van der Waals surface area contributed by atoms with Crippen LogP contribution in [0.2, 0.25) is 0 Å². The average Bonchev–Trinajstić information content (AvgIpc) is 2.75. The van der Waals surface area contributed by atoms with Crippen molar-refractivity contribution in [2.45, 2.75) is 51.7 Å². The van der Waals surface area contributed by atoms with E-state index in [0.717, 1.165) is 37.2 Å². The van der Waals surface area contributed by atoms with E-state index in [0.29, 0.717) is 12.1 Å². The molecule has 1 fully saturated rings. The van der Waals surface area contributed by atoms with Crippen LogP contribution in [0.3, 0.4) is 0 Å². The summed E-state index contributed by atoms with van der Waals surface area (Å²) < 4.78 is 0. The molecular weight excluding hydrogens is 244 g/mol. The van der Waals surface area contributed by atoms with Crippen molar-refractivity contribution in [1.82, 2.24) is 10.2 Å². The Morgan fingerprint density at radius 3 is 2.85 bits per heavy atom. The first-order valence-corrected chi connectivity index (χ1v) is 7.61. The molecule has 106 valence electrons. The van der Waals surface area contributed by atoms with Crippen LogP contribution in [0, 0.1) is 0 Å². The summed E-state index contributed by atoms with van der Waals surface area (Å²) in [5.74, 6) is 0. The second-order valence-electron chi connectivity index (χ2n) is 6.04. The fourth-order valence-corrected chi connectivity index (χ4v) is 3.54. The van der Waals surface area contributed by atoms with Gasteiger partial charge in [-0.05, 0) is 42.9 Å². The Balaban J connectivity index is 1.84. The van der Waals surface area contributed by atoms with Crippen molar-refractivity contribution in [3.8, 4) is 0 Å². The Kier molecular flexibility index (Phi) is 3.43. The zero-order valence-corrected chi connectivity index (χ0v) is 12.6. The highest BCUT2D eigenvalue weighted by atomic mass is 15.2. The average molecular weight is 268 g/mol. The Bertz CT molecular complexity index is 559. The highest BCUT2D eigenvalue weighted by Gasteiger charge is 2.34. The van der Waals surface area contributed by atoms with E-state index in [2.05, 4.69) is 55.4 Å². The summed E-state index contributed by atoms with van der Waals surface area (Å²) in [7, 11) is 0. The number of hydrogen-bond donors (Lipinski definition) is 1. The third-order valence-corrected chi connectivity index (χ3v) is 4.78. The van der Waals surface area contributed by atoms with E-state index in [9.17, 15) is 0 Å². The molecule has 2 unspecified atom stereocenters. The molecule has 1 aromatic carbocycles. The summed E-state index contributed by atoms with van der Waals surface area (Å²) in [6.07, 6.45) is 3.28. The van der Waals surface area contributed by atoms with Crippen molar-refractivity contribution in [3.63, 3.8) is 0 Å². The molecule has 3 rings (SSSR count). The highest BCUT2D eigenvalue weighted by molar-refractivity contribution is 5.38. The van der Waals surface area contributed by atoms with Crippen molar-refractivity contribution in [2.24, 2.45) is 0 Å². The number of nitrogens with one attached hydrogen (secondary N) is 1. The maximum absolute atomic E-state index is 4.21. The second-order valence-corrected chi connectivity index (χ2v) is 6.04. The molecule has 2 aliphatic rings. The van der Waals surface area contributed by atoms with Crippen molar-refractivity contribution in [2.75, 3.05) is 0 Å². The van der Waals surface area contributed by atoms with Gasteiger partial charge in [0.15, 0.2) is 0 Å². The Hall–Kier alpha value is -1.54. The highest BCUT2D eigenvalue weighted by Crippen LogP contribution is 2.38. The molecule has 0 amide bonds. The third kappa shape index (κ3) is 2.18. The van der Waals surface area contributed by atoms with Crippen LogP contribution >= 0.6 is 0 Å². The van der Waals surface area contributed by atoms with Gasteiger partial charge in [-0.3, -0.25) is 4.90 Å². The zero-order chi connectivity index (χ0) is 14.3. The molecule has 1 saturated heterocycles. The first-order chi connectivity index (χ1) is 9.60. The van der Waals surface area contributed by atoms with Gasteiger partial charge in [0.1, 0.15) is 0 Å². The normalized spacial score (nSPS) is 26.5. The van der Waals surface area contributed by atoms with Gasteiger partial charge < -0.3 is 5.32 Å². The first-order valence-electron chi connectivity index (χ1n) is 7.61. The third-order valence-electron chi connectivity index (χ3n) is 4.78. The van der Waals surface area contributed by atoms with Gasteiger partial charge in [-0.25, -0.2) is 0 Å². The number of hydrogen-bond acceptors (Lipinski definition) is 2. The molecule has 2 nitrogen and oxygen atoms in total. The molecule has 0 bridgehead atoms. The monoisotopic (exact) mass is 268 g/mol. The van der Waals surface area contributed by atoms with Crippen LogP contribution < -0.4 is 5.32 Å².